The SMILES string of the molecule is CC(C)CCS(=O)(=O)NC(C)(CN)c1ccccc1. The summed E-state index contributed by atoms with van der Waals surface area (Å²) in [5.74, 6) is 0.491. The summed E-state index contributed by atoms with van der Waals surface area (Å²) >= 11 is 0. The van der Waals surface area contributed by atoms with Gasteiger partial charge in [0.1, 0.15) is 0 Å². The summed E-state index contributed by atoms with van der Waals surface area (Å²) in [7, 11) is -3.32. The molecule has 19 heavy (non-hydrogen) atoms. The molecule has 0 amide bonds. The molecule has 0 aliphatic carbocycles. The van der Waals surface area contributed by atoms with Crippen LogP contribution in [0.5, 0.6) is 0 Å². The predicted molar refractivity (Wildman–Crippen MR) is 79.2 cm³/mol. The standard InChI is InChI=1S/C14H24N2O2S/c1-12(2)9-10-19(17,18)16-14(3,11-15)13-7-5-4-6-8-13/h4-8,12,16H,9-11,15H2,1-3H3. The van der Waals surface area contributed by atoms with E-state index in [-0.39, 0.29) is 12.3 Å². The first-order valence-electron chi connectivity index (χ1n) is 6.56. The smallest absolute Gasteiger partial charge is 0.212 e. The van der Waals surface area contributed by atoms with Gasteiger partial charge in [-0.1, -0.05) is 44.2 Å². The van der Waals surface area contributed by atoms with Crippen LogP contribution < -0.4 is 10.5 Å². The lowest BCUT2D eigenvalue weighted by molar-refractivity contribution is 0.439. The molecular weight excluding hydrogens is 260 g/mol. The second-order valence-electron chi connectivity index (χ2n) is 5.51. The van der Waals surface area contributed by atoms with Crippen LogP contribution in [0.25, 0.3) is 0 Å². The van der Waals surface area contributed by atoms with Gasteiger partial charge in [0.05, 0.1) is 11.3 Å². The molecule has 1 aromatic rings. The van der Waals surface area contributed by atoms with E-state index in [0.717, 1.165) is 5.56 Å². The third-order valence-corrected chi connectivity index (χ3v) is 4.70. The predicted octanol–water partition coefficient (Wildman–Crippen LogP) is 1.83. The summed E-state index contributed by atoms with van der Waals surface area (Å²) in [6.07, 6.45) is 0.644. The van der Waals surface area contributed by atoms with Gasteiger partial charge in [0, 0.05) is 6.54 Å². The molecule has 0 bridgehead atoms. The van der Waals surface area contributed by atoms with Gasteiger partial charge in [0.2, 0.25) is 10.0 Å². The van der Waals surface area contributed by atoms with Crippen LogP contribution >= 0.6 is 0 Å². The van der Waals surface area contributed by atoms with Crippen molar-refractivity contribution in [3.05, 3.63) is 35.9 Å². The number of hydrogen-bond donors (Lipinski definition) is 2. The normalized spacial score (nSPS) is 15.4. The number of nitrogens with two attached hydrogens (primary N) is 1. The molecule has 0 spiro atoms. The van der Waals surface area contributed by atoms with Crippen LogP contribution in [0.4, 0.5) is 0 Å². The van der Waals surface area contributed by atoms with Crippen molar-refractivity contribution in [2.75, 3.05) is 12.3 Å². The van der Waals surface area contributed by atoms with E-state index < -0.39 is 15.6 Å². The molecule has 0 radical (unpaired) electrons. The van der Waals surface area contributed by atoms with E-state index in [2.05, 4.69) is 4.72 Å². The molecule has 0 aliphatic heterocycles. The van der Waals surface area contributed by atoms with Crippen molar-refractivity contribution < 1.29 is 8.42 Å². The lowest BCUT2D eigenvalue weighted by Gasteiger charge is -2.29. The molecule has 0 heterocycles. The zero-order valence-electron chi connectivity index (χ0n) is 11.9. The maximum atomic E-state index is 12.1. The van der Waals surface area contributed by atoms with Crippen LogP contribution in [-0.2, 0) is 15.6 Å². The van der Waals surface area contributed by atoms with Crippen LogP contribution in [0.2, 0.25) is 0 Å². The second kappa shape index (κ2) is 6.50. The lowest BCUT2D eigenvalue weighted by Crippen LogP contribution is -2.49. The number of nitrogens with one attached hydrogen (secondary N) is 1. The molecule has 1 aromatic carbocycles. The molecule has 0 saturated heterocycles. The van der Waals surface area contributed by atoms with Gasteiger partial charge >= 0.3 is 0 Å². The van der Waals surface area contributed by atoms with Gasteiger partial charge < -0.3 is 5.73 Å². The fourth-order valence-corrected chi connectivity index (χ4v) is 3.58. The Labute approximate surface area is 116 Å². The van der Waals surface area contributed by atoms with E-state index in [1.165, 1.54) is 0 Å². The molecular formula is C14H24N2O2S. The van der Waals surface area contributed by atoms with Gasteiger partial charge in [0.15, 0.2) is 0 Å². The molecule has 5 heteroatoms. The third kappa shape index (κ3) is 4.93. The van der Waals surface area contributed by atoms with Crippen molar-refractivity contribution in [3.63, 3.8) is 0 Å². The van der Waals surface area contributed by atoms with Gasteiger partial charge in [-0.05, 0) is 24.8 Å². The molecule has 1 atom stereocenters. The first kappa shape index (κ1) is 16.1. The highest BCUT2D eigenvalue weighted by Gasteiger charge is 2.30. The topological polar surface area (TPSA) is 72.2 Å². The Morgan fingerprint density at radius 3 is 2.32 bits per heavy atom. The maximum Gasteiger partial charge on any atom is 0.212 e. The monoisotopic (exact) mass is 284 g/mol. The Morgan fingerprint density at radius 1 is 1.26 bits per heavy atom. The fourth-order valence-electron chi connectivity index (χ4n) is 1.81. The highest BCUT2D eigenvalue weighted by Crippen LogP contribution is 2.20. The van der Waals surface area contributed by atoms with Gasteiger partial charge in [-0.2, -0.15) is 0 Å². The van der Waals surface area contributed by atoms with E-state index in [4.69, 9.17) is 5.73 Å². The zero-order chi connectivity index (χ0) is 14.5. The minimum Gasteiger partial charge on any atom is -0.328 e. The molecule has 108 valence electrons. The summed E-state index contributed by atoms with van der Waals surface area (Å²) in [6, 6.07) is 9.43. The Kier molecular flexibility index (Phi) is 5.52. The van der Waals surface area contributed by atoms with Gasteiger partial charge in [-0.15, -0.1) is 0 Å². The number of hydrogen-bond acceptors (Lipinski definition) is 3. The molecule has 3 N–H and O–H groups in total. The summed E-state index contributed by atoms with van der Waals surface area (Å²) < 4.78 is 27.0. The minimum absolute atomic E-state index is 0.132. The first-order chi connectivity index (χ1) is 8.79. The van der Waals surface area contributed by atoms with Crippen LogP contribution in [0.15, 0.2) is 30.3 Å². The largest absolute Gasteiger partial charge is 0.328 e. The molecule has 0 fully saturated rings. The van der Waals surface area contributed by atoms with Gasteiger partial charge in [-0.25, -0.2) is 13.1 Å². The van der Waals surface area contributed by atoms with Crippen LogP contribution in [-0.4, -0.2) is 20.7 Å². The van der Waals surface area contributed by atoms with Crippen molar-refractivity contribution >= 4 is 10.0 Å². The average Bonchev–Trinajstić information content (AvgIpc) is 2.37. The maximum absolute atomic E-state index is 12.1. The second-order valence-corrected chi connectivity index (χ2v) is 7.35. The third-order valence-electron chi connectivity index (χ3n) is 3.16. The van der Waals surface area contributed by atoms with Crippen LogP contribution in [0.1, 0.15) is 32.8 Å². The van der Waals surface area contributed by atoms with Crippen LogP contribution in [0, 0.1) is 5.92 Å². The van der Waals surface area contributed by atoms with E-state index in [1.807, 2.05) is 51.1 Å². The molecule has 4 nitrogen and oxygen atoms in total. The summed E-state index contributed by atoms with van der Waals surface area (Å²) in [4.78, 5) is 0. The number of rotatable bonds is 7. The molecule has 0 saturated carbocycles. The van der Waals surface area contributed by atoms with Crippen molar-refractivity contribution in [1.29, 1.82) is 0 Å². The summed E-state index contributed by atoms with van der Waals surface area (Å²) in [5, 5.41) is 0. The minimum atomic E-state index is -3.32. The summed E-state index contributed by atoms with van der Waals surface area (Å²) in [5.41, 5.74) is 5.90. The number of benzene rings is 1. The van der Waals surface area contributed by atoms with Crippen LogP contribution in [0.3, 0.4) is 0 Å². The Hall–Kier alpha value is -0.910. The molecule has 0 aromatic heterocycles. The lowest BCUT2D eigenvalue weighted by atomic mass is 9.94. The fraction of sp³-hybridized carbons (Fsp3) is 0.571. The highest BCUT2D eigenvalue weighted by atomic mass is 32.2. The highest BCUT2D eigenvalue weighted by molar-refractivity contribution is 7.89. The first-order valence-corrected chi connectivity index (χ1v) is 8.21. The van der Waals surface area contributed by atoms with E-state index in [0.29, 0.717) is 12.3 Å². The van der Waals surface area contributed by atoms with Crippen molar-refractivity contribution in [1.82, 2.24) is 4.72 Å². The van der Waals surface area contributed by atoms with E-state index in [9.17, 15) is 8.42 Å². The molecule has 1 unspecified atom stereocenters. The average molecular weight is 284 g/mol. The summed E-state index contributed by atoms with van der Waals surface area (Å²) in [6.45, 7) is 6.05. The molecule has 1 rings (SSSR count). The molecule has 0 aliphatic rings. The Balaban J connectivity index is 2.87. The van der Waals surface area contributed by atoms with Crippen molar-refractivity contribution in [3.8, 4) is 0 Å². The van der Waals surface area contributed by atoms with Gasteiger partial charge in [0.25, 0.3) is 0 Å². The zero-order valence-corrected chi connectivity index (χ0v) is 12.7. The Bertz CT molecular complexity index is 485. The van der Waals surface area contributed by atoms with E-state index >= 15 is 0 Å². The van der Waals surface area contributed by atoms with E-state index in [1.54, 1.807) is 0 Å². The quantitative estimate of drug-likeness (QED) is 0.802. The van der Waals surface area contributed by atoms with Gasteiger partial charge in [-0.3, -0.25) is 0 Å². The number of sulfonamides is 1. The van der Waals surface area contributed by atoms with Crippen molar-refractivity contribution in [2.24, 2.45) is 11.7 Å². The van der Waals surface area contributed by atoms with Crippen molar-refractivity contribution in [2.45, 2.75) is 32.7 Å². The Morgan fingerprint density at radius 2 is 1.84 bits per heavy atom.